The predicted octanol–water partition coefficient (Wildman–Crippen LogP) is 3.51. The first-order valence-corrected chi connectivity index (χ1v) is 12.3. The Hall–Kier alpha value is -1.74. The molecule has 0 fully saturated rings. The summed E-state index contributed by atoms with van der Waals surface area (Å²) in [5, 5.41) is 0. The molecule has 2 N–H and O–H groups in total. The van der Waals surface area contributed by atoms with Gasteiger partial charge in [0.1, 0.15) is 0 Å². The zero-order valence-electron chi connectivity index (χ0n) is 16.6. The van der Waals surface area contributed by atoms with E-state index in [4.69, 9.17) is 0 Å². The number of benzene rings is 2. The van der Waals surface area contributed by atoms with E-state index in [0.717, 1.165) is 11.1 Å². The molecule has 0 heterocycles. The highest BCUT2D eigenvalue weighted by molar-refractivity contribution is 7.89. The van der Waals surface area contributed by atoms with Crippen molar-refractivity contribution in [1.82, 2.24) is 9.44 Å². The van der Waals surface area contributed by atoms with Crippen LogP contribution in [0.3, 0.4) is 0 Å². The molecule has 8 heteroatoms. The second-order valence-electron chi connectivity index (χ2n) is 6.91. The first-order chi connectivity index (χ1) is 13.1. The van der Waals surface area contributed by atoms with Gasteiger partial charge in [0.15, 0.2) is 0 Å². The fourth-order valence-corrected chi connectivity index (χ4v) is 5.14. The second kappa shape index (κ2) is 9.17. The molecule has 0 spiro atoms. The molecule has 0 bridgehead atoms. The van der Waals surface area contributed by atoms with Crippen LogP contribution in [0.4, 0.5) is 0 Å². The van der Waals surface area contributed by atoms with Crippen LogP contribution in [0, 0.1) is 0 Å². The molecule has 0 aliphatic heterocycles. The van der Waals surface area contributed by atoms with E-state index < -0.39 is 20.0 Å². The van der Waals surface area contributed by atoms with Gasteiger partial charge in [-0.25, -0.2) is 26.3 Å². The fourth-order valence-electron chi connectivity index (χ4n) is 2.49. The molecule has 0 aliphatic rings. The minimum absolute atomic E-state index is 0.136. The molecule has 154 valence electrons. The van der Waals surface area contributed by atoms with Crippen molar-refractivity contribution in [1.29, 1.82) is 0 Å². The maximum Gasteiger partial charge on any atom is 0.240 e. The maximum atomic E-state index is 12.3. The van der Waals surface area contributed by atoms with Crippen molar-refractivity contribution in [2.45, 2.75) is 62.4 Å². The summed E-state index contributed by atoms with van der Waals surface area (Å²) in [4.78, 5) is 0.405. The van der Waals surface area contributed by atoms with E-state index in [1.807, 2.05) is 27.7 Å². The molecule has 2 aromatic rings. The lowest BCUT2D eigenvalue weighted by Crippen LogP contribution is -2.32. The Morgan fingerprint density at radius 1 is 0.643 bits per heavy atom. The van der Waals surface area contributed by atoms with Crippen molar-refractivity contribution in [2.24, 2.45) is 0 Å². The van der Waals surface area contributed by atoms with Crippen molar-refractivity contribution in [3.05, 3.63) is 48.5 Å². The first kappa shape index (κ1) is 22.5. The van der Waals surface area contributed by atoms with Gasteiger partial charge in [0, 0.05) is 12.1 Å². The molecule has 2 rings (SSSR count). The van der Waals surface area contributed by atoms with Crippen LogP contribution >= 0.6 is 0 Å². The summed E-state index contributed by atoms with van der Waals surface area (Å²) in [5.74, 6) is 0. The number of nitrogens with one attached hydrogen (secondary N) is 2. The van der Waals surface area contributed by atoms with Crippen molar-refractivity contribution in [2.75, 3.05) is 0 Å². The van der Waals surface area contributed by atoms with E-state index in [1.165, 1.54) is 0 Å². The van der Waals surface area contributed by atoms with E-state index in [0.29, 0.717) is 12.8 Å². The van der Waals surface area contributed by atoms with Crippen molar-refractivity contribution in [3.63, 3.8) is 0 Å². The predicted molar refractivity (Wildman–Crippen MR) is 112 cm³/mol. The summed E-state index contributed by atoms with van der Waals surface area (Å²) >= 11 is 0. The third kappa shape index (κ3) is 5.64. The van der Waals surface area contributed by atoms with Crippen molar-refractivity contribution >= 4 is 20.0 Å². The van der Waals surface area contributed by atoms with Gasteiger partial charge in [-0.2, -0.15) is 0 Å². The highest BCUT2D eigenvalue weighted by atomic mass is 32.2. The standard InChI is InChI=1S/C20H28N2O4S2/c1-5-15(3)21-27(23,24)19-11-7-17(8-12-19)18-9-13-20(14-10-18)28(25,26)22-16(4)6-2/h7-16,21-22H,5-6H2,1-4H3/t15-,16-/m0/s1. The van der Waals surface area contributed by atoms with Crippen LogP contribution in [-0.2, 0) is 20.0 Å². The Morgan fingerprint density at radius 2 is 0.929 bits per heavy atom. The minimum Gasteiger partial charge on any atom is -0.208 e. The van der Waals surface area contributed by atoms with Gasteiger partial charge in [0.2, 0.25) is 20.0 Å². The topological polar surface area (TPSA) is 92.3 Å². The number of rotatable bonds is 9. The molecular weight excluding hydrogens is 396 g/mol. The Morgan fingerprint density at radius 3 is 1.18 bits per heavy atom. The fraction of sp³-hybridized carbons (Fsp3) is 0.400. The van der Waals surface area contributed by atoms with Crippen LogP contribution in [0.25, 0.3) is 11.1 Å². The largest absolute Gasteiger partial charge is 0.240 e. The highest BCUT2D eigenvalue weighted by Gasteiger charge is 2.18. The Balaban J connectivity index is 2.21. The van der Waals surface area contributed by atoms with Crippen molar-refractivity contribution in [3.8, 4) is 11.1 Å². The number of hydrogen-bond donors (Lipinski definition) is 2. The van der Waals surface area contributed by atoms with Crippen LogP contribution in [0.2, 0.25) is 0 Å². The summed E-state index contributed by atoms with van der Waals surface area (Å²) in [6, 6.07) is 12.8. The van der Waals surface area contributed by atoms with Gasteiger partial charge in [0.05, 0.1) is 9.79 Å². The van der Waals surface area contributed by atoms with E-state index >= 15 is 0 Å². The average molecular weight is 425 g/mol. The van der Waals surface area contributed by atoms with Gasteiger partial charge in [-0.3, -0.25) is 0 Å². The highest BCUT2D eigenvalue weighted by Crippen LogP contribution is 2.23. The summed E-state index contributed by atoms with van der Waals surface area (Å²) in [7, 11) is -7.10. The van der Waals surface area contributed by atoms with Gasteiger partial charge in [-0.05, 0) is 62.1 Å². The molecule has 0 aromatic heterocycles. The first-order valence-electron chi connectivity index (χ1n) is 9.34. The Labute approximate surface area is 168 Å². The molecule has 6 nitrogen and oxygen atoms in total. The zero-order chi connectivity index (χ0) is 20.9. The quantitative estimate of drug-likeness (QED) is 0.644. The van der Waals surface area contributed by atoms with E-state index in [-0.39, 0.29) is 21.9 Å². The SMILES string of the molecule is CC[C@H](C)NS(=O)(=O)c1ccc(-c2ccc(S(=O)(=O)N[C@@H](C)CC)cc2)cc1. The molecule has 0 saturated carbocycles. The van der Waals surface area contributed by atoms with E-state index in [1.54, 1.807) is 48.5 Å². The van der Waals surface area contributed by atoms with Crippen LogP contribution in [0.1, 0.15) is 40.5 Å². The molecule has 2 atom stereocenters. The zero-order valence-corrected chi connectivity index (χ0v) is 18.3. The molecule has 0 saturated heterocycles. The molecule has 0 aliphatic carbocycles. The van der Waals surface area contributed by atoms with Gasteiger partial charge in [0.25, 0.3) is 0 Å². The van der Waals surface area contributed by atoms with Crippen LogP contribution in [0.15, 0.2) is 58.3 Å². The number of hydrogen-bond acceptors (Lipinski definition) is 4. The molecule has 2 aromatic carbocycles. The molecule has 0 amide bonds. The Kier molecular flexibility index (Phi) is 7.39. The van der Waals surface area contributed by atoms with E-state index in [2.05, 4.69) is 9.44 Å². The lowest BCUT2D eigenvalue weighted by molar-refractivity contribution is 0.554. The van der Waals surface area contributed by atoms with Gasteiger partial charge in [-0.15, -0.1) is 0 Å². The van der Waals surface area contributed by atoms with Gasteiger partial charge in [-0.1, -0.05) is 38.1 Å². The summed E-state index contributed by atoms with van der Waals surface area (Å²) in [6.45, 7) is 7.46. The lowest BCUT2D eigenvalue weighted by Gasteiger charge is -2.13. The summed E-state index contributed by atoms with van der Waals surface area (Å²) in [6.07, 6.45) is 1.41. The molecule has 0 unspecified atom stereocenters. The van der Waals surface area contributed by atoms with E-state index in [9.17, 15) is 16.8 Å². The molecule has 0 radical (unpaired) electrons. The van der Waals surface area contributed by atoms with Crippen LogP contribution in [-0.4, -0.2) is 28.9 Å². The number of sulfonamides is 2. The normalized spacial score (nSPS) is 14.6. The summed E-state index contributed by atoms with van der Waals surface area (Å²) < 4.78 is 54.6. The average Bonchev–Trinajstić information content (AvgIpc) is 2.67. The molecular formula is C20H28N2O4S2. The summed E-state index contributed by atoms with van der Waals surface area (Å²) in [5.41, 5.74) is 1.61. The minimum atomic E-state index is -3.55. The lowest BCUT2D eigenvalue weighted by atomic mass is 10.1. The third-order valence-corrected chi connectivity index (χ3v) is 7.81. The van der Waals surface area contributed by atoms with Gasteiger partial charge < -0.3 is 0 Å². The monoisotopic (exact) mass is 424 g/mol. The maximum absolute atomic E-state index is 12.3. The smallest absolute Gasteiger partial charge is 0.208 e. The Bertz CT molecular complexity index is 900. The third-order valence-electron chi connectivity index (χ3n) is 4.60. The van der Waals surface area contributed by atoms with Crippen LogP contribution in [0.5, 0.6) is 0 Å². The van der Waals surface area contributed by atoms with Crippen molar-refractivity contribution < 1.29 is 16.8 Å². The van der Waals surface area contributed by atoms with Crippen LogP contribution < -0.4 is 9.44 Å². The van der Waals surface area contributed by atoms with Gasteiger partial charge >= 0.3 is 0 Å². The second-order valence-corrected chi connectivity index (χ2v) is 10.3. The molecule has 28 heavy (non-hydrogen) atoms.